The number of rotatable bonds is 12. The van der Waals surface area contributed by atoms with Gasteiger partial charge in [-0.2, -0.15) is 0 Å². The maximum atomic E-state index is 14.2. The minimum Gasteiger partial charge on any atom is -0.497 e. The normalized spacial score (nSPS) is 22.1. The van der Waals surface area contributed by atoms with Crippen molar-refractivity contribution in [2.45, 2.75) is 62.7 Å². The lowest BCUT2D eigenvalue weighted by Gasteiger charge is -2.33. The second-order valence-corrected chi connectivity index (χ2v) is 11.6. The van der Waals surface area contributed by atoms with Gasteiger partial charge in [0.1, 0.15) is 17.8 Å². The van der Waals surface area contributed by atoms with Crippen molar-refractivity contribution in [1.29, 1.82) is 0 Å². The molecule has 2 fully saturated rings. The average Bonchev–Trinajstić information content (AvgIpc) is 3.42. The van der Waals surface area contributed by atoms with E-state index < -0.39 is 18.1 Å². The second kappa shape index (κ2) is 15.7. The number of nitrogens with one attached hydrogen (secondary N) is 5. The number of likely N-dealkylation sites (N-methyl/N-ethyl adjacent to an activating group) is 1. The van der Waals surface area contributed by atoms with Crippen molar-refractivity contribution in [2.75, 3.05) is 34.3 Å². The third-order valence-corrected chi connectivity index (χ3v) is 8.89. The fourth-order valence-corrected chi connectivity index (χ4v) is 6.16. The van der Waals surface area contributed by atoms with Gasteiger partial charge >= 0.3 is 0 Å². The Morgan fingerprint density at radius 3 is 2.37 bits per heavy atom. The fraction of sp³-hybridized carbons (Fsp3) is 0.500. The lowest BCUT2D eigenvalue weighted by molar-refractivity contribution is -0.143. The van der Waals surface area contributed by atoms with Crippen LogP contribution in [0.4, 0.5) is 0 Å². The van der Waals surface area contributed by atoms with Crippen LogP contribution in [0.1, 0.15) is 36.8 Å². The summed E-state index contributed by atoms with van der Waals surface area (Å²) in [5, 5.41) is 15.8. The van der Waals surface area contributed by atoms with Gasteiger partial charge in [0.15, 0.2) is 5.11 Å². The zero-order valence-corrected chi connectivity index (χ0v) is 26.0. The summed E-state index contributed by atoms with van der Waals surface area (Å²) in [7, 11) is 5.11. The Labute approximate surface area is 259 Å². The molecule has 0 radical (unpaired) electrons. The highest BCUT2D eigenvalue weighted by Gasteiger charge is 2.47. The number of benzene rings is 2. The molecule has 3 amide bonds. The summed E-state index contributed by atoms with van der Waals surface area (Å²) < 4.78 is 5.22. The topological polar surface area (TPSA) is 124 Å². The van der Waals surface area contributed by atoms with Gasteiger partial charge < -0.3 is 36.2 Å². The van der Waals surface area contributed by atoms with E-state index in [1.165, 1.54) is 0 Å². The predicted octanol–water partition coefficient (Wildman–Crippen LogP) is 1.53. The van der Waals surface area contributed by atoms with Gasteiger partial charge in [-0.05, 0) is 81.1 Å². The van der Waals surface area contributed by atoms with E-state index in [1.54, 1.807) is 26.1 Å². The minimum absolute atomic E-state index is 0.0464. The van der Waals surface area contributed by atoms with Crippen molar-refractivity contribution in [3.05, 3.63) is 65.7 Å². The predicted molar refractivity (Wildman–Crippen MR) is 171 cm³/mol. The highest BCUT2D eigenvalue weighted by molar-refractivity contribution is 7.80. The molecule has 2 aromatic carbocycles. The molecule has 43 heavy (non-hydrogen) atoms. The summed E-state index contributed by atoms with van der Waals surface area (Å²) in [6.45, 7) is 0.893. The molecule has 4 unspecified atom stereocenters. The molecule has 0 saturated carbocycles. The Morgan fingerprint density at radius 1 is 0.977 bits per heavy atom. The first-order valence-corrected chi connectivity index (χ1v) is 15.4. The molecular weight excluding hydrogens is 564 g/mol. The Morgan fingerprint density at radius 2 is 1.70 bits per heavy atom. The molecule has 2 saturated heterocycles. The van der Waals surface area contributed by atoms with Crippen molar-refractivity contribution in [1.82, 2.24) is 31.5 Å². The summed E-state index contributed by atoms with van der Waals surface area (Å²) in [6, 6.07) is 15.6. The van der Waals surface area contributed by atoms with Gasteiger partial charge in [-0.25, -0.2) is 0 Å². The van der Waals surface area contributed by atoms with E-state index >= 15 is 0 Å². The third-order valence-electron chi connectivity index (χ3n) is 8.54. The van der Waals surface area contributed by atoms with E-state index in [0.717, 1.165) is 29.7 Å². The number of fused-ring (bicyclic) bond motifs is 1. The summed E-state index contributed by atoms with van der Waals surface area (Å²) in [5.74, 6) is -0.0150. The number of thiocarbonyl (C=S) groups is 1. The van der Waals surface area contributed by atoms with Crippen molar-refractivity contribution in [3.63, 3.8) is 0 Å². The van der Waals surface area contributed by atoms with E-state index in [9.17, 15) is 14.4 Å². The van der Waals surface area contributed by atoms with Gasteiger partial charge in [0.25, 0.3) is 0 Å². The first-order chi connectivity index (χ1) is 20.8. The highest BCUT2D eigenvalue weighted by atomic mass is 32.1. The van der Waals surface area contributed by atoms with E-state index in [2.05, 4.69) is 26.6 Å². The van der Waals surface area contributed by atoms with Gasteiger partial charge in [0.05, 0.1) is 13.2 Å². The van der Waals surface area contributed by atoms with Crippen LogP contribution in [0, 0.1) is 5.92 Å². The Bertz CT molecular complexity index is 1240. The summed E-state index contributed by atoms with van der Waals surface area (Å²) >= 11 is 5.29. The van der Waals surface area contributed by atoms with Gasteiger partial charge in [-0.3, -0.25) is 14.4 Å². The highest BCUT2D eigenvalue weighted by Crippen LogP contribution is 2.34. The van der Waals surface area contributed by atoms with Crippen molar-refractivity contribution < 1.29 is 19.1 Å². The minimum atomic E-state index is -0.788. The molecule has 5 atom stereocenters. The van der Waals surface area contributed by atoms with E-state index in [1.807, 2.05) is 54.6 Å². The molecule has 5 N–H and O–H groups in total. The molecule has 0 aromatic heterocycles. The molecule has 4 rings (SSSR count). The Balaban J connectivity index is 1.47. The molecule has 2 heterocycles. The van der Waals surface area contributed by atoms with Gasteiger partial charge in [0.2, 0.25) is 17.7 Å². The molecule has 10 nitrogen and oxygen atoms in total. The SMILES string of the molecule is CNC(=S)NCC1CCC2CC[C@@H](C(=O)NCCc3ccc(OC)cc3)N2C(=O)C1NC(=O)C(Cc1ccccc1)NC. The third kappa shape index (κ3) is 8.45. The quantitative estimate of drug-likeness (QED) is 0.230. The molecule has 0 bridgehead atoms. The first kappa shape index (κ1) is 32.2. The molecule has 2 aliphatic rings. The molecule has 0 aliphatic carbocycles. The summed E-state index contributed by atoms with van der Waals surface area (Å²) in [6.07, 6.45) is 3.99. The maximum Gasteiger partial charge on any atom is 0.246 e. The molecular formula is C32H44N6O4S. The maximum absolute atomic E-state index is 14.2. The van der Waals surface area contributed by atoms with Crippen LogP contribution in [0.25, 0.3) is 0 Å². The average molecular weight is 609 g/mol. The number of ether oxygens (including phenoxy) is 1. The van der Waals surface area contributed by atoms with E-state index in [0.29, 0.717) is 43.9 Å². The molecule has 11 heteroatoms. The fourth-order valence-electron chi connectivity index (χ4n) is 6.07. The van der Waals surface area contributed by atoms with Crippen LogP contribution in [-0.2, 0) is 27.2 Å². The largest absolute Gasteiger partial charge is 0.497 e. The van der Waals surface area contributed by atoms with Crippen LogP contribution in [0.2, 0.25) is 0 Å². The Kier molecular flexibility index (Phi) is 11.7. The smallest absolute Gasteiger partial charge is 0.246 e. The number of amides is 3. The summed E-state index contributed by atoms with van der Waals surface area (Å²) in [4.78, 5) is 43.0. The van der Waals surface area contributed by atoms with Crippen molar-refractivity contribution >= 4 is 35.1 Å². The van der Waals surface area contributed by atoms with Crippen LogP contribution in [0.3, 0.4) is 0 Å². The van der Waals surface area contributed by atoms with Crippen molar-refractivity contribution in [3.8, 4) is 5.75 Å². The standard InChI is InChI=1S/C32H44N6O4S/c1-33-26(19-22-7-5-4-6-8-22)29(39)37-28-23(20-36-32(43)34-2)11-12-24-13-16-27(38(24)31(28)41)30(40)35-18-17-21-9-14-25(42-3)15-10-21/h4-10,14-15,23-24,26-28,33H,11-13,16-20H2,1-3H3,(H,35,40)(H,37,39)(H2,34,36,43)/t23?,24?,26?,27-,28?/m0/s1. The Hall–Kier alpha value is -3.70. The van der Waals surface area contributed by atoms with Crippen LogP contribution >= 0.6 is 12.2 Å². The van der Waals surface area contributed by atoms with Crippen LogP contribution in [0.5, 0.6) is 5.75 Å². The van der Waals surface area contributed by atoms with E-state index in [4.69, 9.17) is 17.0 Å². The lowest BCUT2D eigenvalue weighted by Crippen LogP contribution is -2.59. The molecule has 2 aromatic rings. The van der Waals surface area contributed by atoms with Crippen LogP contribution in [-0.4, -0.2) is 86.2 Å². The monoisotopic (exact) mass is 608 g/mol. The van der Waals surface area contributed by atoms with Gasteiger partial charge in [0, 0.05) is 32.1 Å². The second-order valence-electron chi connectivity index (χ2n) is 11.2. The number of methoxy groups -OCH3 is 1. The molecule has 2 aliphatic heterocycles. The number of hydrogen-bond acceptors (Lipinski definition) is 6. The van der Waals surface area contributed by atoms with Gasteiger partial charge in [-0.1, -0.05) is 42.5 Å². The number of carbonyl (C=O) groups is 3. The van der Waals surface area contributed by atoms with E-state index in [-0.39, 0.29) is 29.7 Å². The van der Waals surface area contributed by atoms with Crippen LogP contribution < -0.4 is 31.3 Å². The molecule has 232 valence electrons. The number of hydrogen-bond donors (Lipinski definition) is 5. The zero-order chi connectivity index (χ0) is 30.8. The first-order valence-electron chi connectivity index (χ1n) is 15.0. The van der Waals surface area contributed by atoms with Gasteiger partial charge in [-0.15, -0.1) is 0 Å². The zero-order valence-electron chi connectivity index (χ0n) is 25.2. The molecule has 0 spiro atoms. The van der Waals surface area contributed by atoms with Crippen LogP contribution in [0.15, 0.2) is 54.6 Å². The summed E-state index contributed by atoms with van der Waals surface area (Å²) in [5.41, 5.74) is 2.11. The van der Waals surface area contributed by atoms with Crippen molar-refractivity contribution in [2.24, 2.45) is 5.92 Å². The number of nitrogens with zero attached hydrogens (tertiary/aromatic N) is 1. The number of carbonyl (C=O) groups excluding carboxylic acids is 3. The lowest BCUT2D eigenvalue weighted by atomic mass is 9.92.